The zero-order valence-electron chi connectivity index (χ0n) is 10.2. The minimum absolute atomic E-state index is 0.0674. The van der Waals surface area contributed by atoms with Gasteiger partial charge in [0.1, 0.15) is 0 Å². The van der Waals surface area contributed by atoms with E-state index in [2.05, 4.69) is 15.9 Å². The minimum Gasteiger partial charge on any atom is -0.466 e. The van der Waals surface area contributed by atoms with Crippen molar-refractivity contribution >= 4 is 39.3 Å². The number of alkyl halides is 1. The van der Waals surface area contributed by atoms with Gasteiger partial charge in [0.05, 0.1) is 18.4 Å². The van der Waals surface area contributed by atoms with Gasteiger partial charge in [-0.1, -0.05) is 28.1 Å². The molecule has 1 aromatic rings. The summed E-state index contributed by atoms with van der Waals surface area (Å²) in [6, 6.07) is 5.25. The number of hydrogen-bond donors (Lipinski definition) is 0. The Morgan fingerprint density at radius 1 is 1.44 bits per heavy atom. The smallest absolute Gasteiger partial charge is 0.310 e. The number of carbonyl (C=O) groups is 2. The lowest BCUT2D eigenvalue weighted by Gasteiger charge is -2.11. The van der Waals surface area contributed by atoms with Gasteiger partial charge >= 0.3 is 5.97 Å². The molecule has 0 aliphatic rings. The molecule has 0 aliphatic heterocycles. The van der Waals surface area contributed by atoms with Gasteiger partial charge in [0, 0.05) is 10.0 Å². The van der Waals surface area contributed by atoms with Crippen molar-refractivity contribution in [3.63, 3.8) is 0 Å². The van der Waals surface area contributed by atoms with Gasteiger partial charge in [-0.25, -0.2) is 0 Å². The molecular weight excluding hydrogens is 319 g/mol. The molecular formula is C13H14BrClO3. The van der Waals surface area contributed by atoms with Gasteiger partial charge in [-0.2, -0.15) is 0 Å². The van der Waals surface area contributed by atoms with Gasteiger partial charge in [-0.15, -0.1) is 11.6 Å². The SMILES string of the molecule is CCOC(=O)Cc1cccc(Br)c1C(=O)C(C)Cl. The molecule has 1 aromatic carbocycles. The van der Waals surface area contributed by atoms with E-state index >= 15 is 0 Å². The summed E-state index contributed by atoms with van der Waals surface area (Å²) >= 11 is 9.13. The third-order valence-electron chi connectivity index (χ3n) is 2.35. The molecule has 0 heterocycles. The van der Waals surface area contributed by atoms with Crippen LogP contribution >= 0.6 is 27.5 Å². The molecule has 0 saturated heterocycles. The maximum Gasteiger partial charge on any atom is 0.310 e. The predicted octanol–water partition coefficient (Wildman–Crippen LogP) is 3.36. The lowest BCUT2D eigenvalue weighted by molar-refractivity contribution is -0.142. The molecule has 5 heteroatoms. The summed E-state index contributed by atoms with van der Waals surface area (Å²) in [5.74, 6) is -0.560. The number of hydrogen-bond acceptors (Lipinski definition) is 3. The Bertz CT molecular complexity index is 458. The summed E-state index contributed by atoms with van der Waals surface area (Å²) in [4.78, 5) is 23.5. The zero-order chi connectivity index (χ0) is 13.7. The lowest BCUT2D eigenvalue weighted by Crippen LogP contribution is -2.16. The number of ether oxygens (including phenoxy) is 1. The molecule has 0 bridgehead atoms. The van der Waals surface area contributed by atoms with E-state index in [4.69, 9.17) is 16.3 Å². The third kappa shape index (κ3) is 3.82. The Labute approximate surface area is 120 Å². The second-order valence-corrected chi connectivity index (χ2v) is 5.25. The van der Waals surface area contributed by atoms with Crippen LogP contribution in [0.15, 0.2) is 22.7 Å². The fourth-order valence-corrected chi connectivity index (χ4v) is 2.27. The molecule has 0 spiro atoms. The van der Waals surface area contributed by atoms with Crippen LogP contribution in [0.3, 0.4) is 0 Å². The van der Waals surface area contributed by atoms with Gasteiger partial charge in [0.2, 0.25) is 0 Å². The van der Waals surface area contributed by atoms with E-state index in [9.17, 15) is 9.59 Å². The third-order valence-corrected chi connectivity index (χ3v) is 3.21. The average Bonchev–Trinajstić information content (AvgIpc) is 2.28. The molecule has 0 aliphatic carbocycles. The molecule has 1 atom stereocenters. The van der Waals surface area contributed by atoms with E-state index in [1.165, 1.54) is 0 Å². The first-order valence-electron chi connectivity index (χ1n) is 5.58. The monoisotopic (exact) mass is 332 g/mol. The van der Waals surface area contributed by atoms with Gasteiger partial charge in [0.15, 0.2) is 5.78 Å². The van der Waals surface area contributed by atoms with Crippen molar-refractivity contribution in [3.05, 3.63) is 33.8 Å². The minimum atomic E-state index is -0.635. The van der Waals surface area contributed by atoms with Crippen molar-refractivity contribution in [2.45, 2.75) is 25.6 Å². The van der Waals surface area contributed by atoms with E-state index in [1.807, 2.05) is 0 Å². The first kappa shape index (κ1) is 15.2. The largest absolute Gasteiger partial charge is 0.466 e. The Balaban J connectivity index is 3.08. The van der Waals surface area contributed by atoms with E-state index in [0.717, 1.165) is 0 Å². The number of benzene rings is 1. The molecule has 1 rings (SSSR count). The molecule has 3 nitrogen and oxygen atoms in total. The van der Waals surface area contributed by atoms with Crippen molar-refractivity contribution in [1.82, 2.24) is 0 Å². The number of halogens is 2. The van der Waals surface area contributed by atoms with E-state index in [1.54, 1.807) is 32.0 Å². The highest BCUT2D eigenvalue weighted by Gasteiger charge is 2.20. The molecule has 0 amide bonds. The quantitative estimate of drug-likeness (QED) is 0.471. The van der Waals surface area contributed by atoms with Crippen LogP contribution in [-0.2, 0) is 16.0 Å². The summed E-state index contributed by atoms with van der Waals surface area (Å²) in [6.07, 6.45) is 0.0674. The normalized spacial score (nSPS) is 12.0. The van der Waals surface area contributed by atoms with E-state index in [-0.39, 0.29) is 18.2 Å². The van der Waals surface area contributed by atoms with Crippen LogP contribution in [0.2, 0.25) is 0 Å². The summed E-state index contributed by atoms with van der Waals surface area (Å²) in [5.41, 5.74) is 1.08. The fraction of sp³-hybridized carbons (Fsp3) is 0.385. The standard InChI is InChI=1S/C13H14BrClO3/c1-3-18-11(16)7-9-5-4-6-10(14)12(9)13(17)8(2)15/h4-6,8H,3,7H2,1-2H3. The van der Waals surface area contributed by atoms with Crippen LogP contribution in [-0.4, -0.2) is 23.7 Å². The van der Waals surface area contributed by atoms with Crippen molar-refractivity contribution in [3.8, 4) is 0 Å². The molecule has 0 saturated carbocycles. The van der Waals surface area contributed by atoms with Gasteiger partial charge < -0.3 is 4.74 Å². The number of Topliss-reactive ketones (excluding diaryl/α,β-unsaturated/α-hetero) is 1. The summed E-state index contributed by atoms with van der Waals surface area (Å²) in [5, 5.41) is -0.635. The first-order valence-corrected chi connectivity index (χ1v) is 6.81. The maximum atomic E-state index is 12.0. The second kappa shape index (κ2) is 6.90. The number of esters is 1. The van der Waals surface area contributed by atoms with E-state index < -0.39 is 5.38 Å². The fourth-order valence-electron chi connectivity index (χ4n) is 1.56. The van der Waals surface area contributed by atoms with Crippen molar-refractivity contribution in [2.75, 3.05) is 6.61 Å². The Morgan fingerprint density at radius 2 is 2.11 bits per heavy atom. The van der Waals surface area contributed by atoms with Crippen LogP contribution in [0.25, 0.3) is 0 Å². The number of rotatable bonds is 5. The van der Waals surface area contributed by atoms with Crippen LogP contribution in [0.4, 0.5) is 0 Å². The highest BCUT2D eigenvalue weighted by atomic mass is 79.9. The van der Waals surface area contributed by atoms with Crippen molar-refractivity contribution in [2.24, 2.45) is 0 Å². The Kier molecular flexibility index (Phi) is 5.82. The van der Waals surface area contributed by atoms with Gasteiger partial charge in [0.25, 0.3) is 0 Å². The zero-order valence-corrected chi connectivity index (χ0v) is 12.5. The average molecular weight is 334 g/mol. The highest BCUT2D eigenvalue weighted by Crippen LogP contribution is 2.24. The molecule has 0 N–H and O–H groups in total. The summed E-state index contributed by atoms with van der Waals surface area (Å²) in [7, 11) is 0. The van der Waals surface area contributed by atoms with Crippen molar-refractivity contribution < 1.29 is 14.3 Å². The first-order chi connectivity index (χ1) is 8.47. The second-order valence-electron chi connectivity index (χ2n) is 3.74. The van der Waals surface area contributed by atoms with Crippen LogP contribution in [0.5, 0.6) is 0 Å². The molecule has 0 radical (unpaired) electrons. The molecule has 18 heavy (non-hydrogen) atoms. The Morgan fingerprint density at radius 3 is 2.67 bits per heavy atom. The van der Waals surface area contributed by atoms with Crippen LogP contribution in [0, 0.1) is 0 Å². The number of carbonyl (C=O) groups excluding carboxylic acids is 2. The topological polar surface area (TPSA) is 43.4 Å². The van der Waals surface area contributed by atoms with Crippen molar-refractivity contribution in [1.29, 1.82) is 0 Å². The molecule has 0 fully saturated rings. The van der Waals surface area contributed by atoms with Gasteiger partial charge in [-0.05, 0) is 25.5 Å². The van der Waals surface area contributed by atoms with Crippen LogP contribution in [0.1, 0.15) is 29.8 Å². The molecule has 1 unspecified atom stereocenters. The van der Waals surface area contributed by atoms with E-state index in [0.29, 0.717) is 22.2 Å². The lowest BCUT2D eigenvalue weighted by atomic mass is 9.99. The Hall–Kier alpha value is -0.870. The maximum absolute atomic E-state index is 12.0. The summed E-state index contributed by atoms with van der Waals surface area (Å²) in [6.45, 7) is 3.67. The van der Waals surface area contributed by atoms with Gasteiger partial charge in [-0.3, -0.25) is 9.59 Å². The summed E-state index contributed by atoms with van der Waals surface area (Å²) < 4.78 is 5.52. The van der Waals surface area contributed by atoms with Crippen LogP contribution < -0.4 is 0 Å². The number of ketones is 1. The predicted molar refractivity (Wildman–Crippen MR) is 74.1 cm³/mol. The molecule has 0 aromatic heterocycles. The molecule has 98 valence electrons. The highest BCUT2D eigenvalue weighted by molar-refractivity contribution is 9.10.